The number of morpholine rings is 1. The maximum Gasteiger partial charge on any atom is 0.256 e. The van der Waals surface area contributed by atoms with Crippen LogP contribution in [-0.2, 0) is 4.74 Å². The molecule has 9 aliphatic rings. The predicted octanol–water partition coefficient (Wildman–Crippen LogP) is 7.34. The van der Waals surface area contributed by atoms with Gasteiger partial charge in [0.1, 0.15) is 16.5 Å². The van der Waals surface area contributed by atoms with Crippen LogP contribution in [0.4, 0.5) is 5.82 Å². The van der Waals surface area contributed by atoms with Gasteiger partial charge in [0.25, 0.3) is 11.8 Å². The van der Waals surface area contributed by atoms with Crippen molar-refractivity contribution in [3.8, 4) is 11.4 Å². The van der Waals surface area contributed by atoms with Crippen LogP contribution in [0.3, 0.4) is 0 Å². The number of hydrogen-bond acceptors (Lipinski definition) is 6. The minimum atomic E-state index is -0.0790. The molecular formula is C44H52ClN7O3. The highest BCUT2D eigenvalue weighted by Gasteiger charge is 2.50. The Hall–Kier alpha value is -4.15. The van der Waals surface area contributed by atoms with Gasteiger partial charge in [0.15, 0.2) is 0 Å². The zero-order chi connectivity index (χ0) is 37.0. The van der Waals surface area contributed by atoms with Crippen molar-refractivity contribution in [1.29, 1.82) is 0 Å². The van der Waals surface area contributed by atoms with Crippen molar-refractivity contribution in [1.82, 2.24) is 30.2 Å². The first kappa shape index (κ1) is 35.3. The van der Waals surface area contributed by atoms with E-state index in [1.165, 1.54) is 64.2 Å². The molecule has 55 heavy (non-hydrogen) atoms. The number of ether oxygens (including phenoxy) is 1. The third kappa shape index (κ3) is 6.77. The van der Waals surface area contributed by atoms with Crippen LogP contribution in [-0.4, -0.2) is 69.8 Å². The van der Waals surface area contributed by atoms with Gasteiger partial charge in [0.2, 0.25) is 0 Å². The maximum atomic E-state index is 13.5. The maximum absolute atomic E-state index is 13.5. The fraction of sp³-hybridized carbons (Fsp3) is 0.545. The molecule has 10 nitrogen and oxygen atoms in total. The van der Waals surface area contributed by atoms with E-state index in [-0.39, 0.29) is 11.8 Å². The third-order valence-electron chi connectivity index (χ3n) is 14.3. The molecule has 13 rings (SSSR count). The van der Waals surface area contributed by atoms with Gasteiger partial charge < -0.3 is 20.3 Å². The van der Waals surface area contributed by atoms with Gasteiger partial charge in [-0.25, -0.2) is 9.36 Å². The molecule has 1 aliphatic heterocycles. The number of amides is 2. The fourth-order valence-electron chi connectivity index (χ4n) is 12.4. The number of hydrogen-bond donors (Lipinski definition) is 2. The molecule has 8 bridgehead atoms. The summed E-state index contributed by atoms with van der Waals surface area (Å²) in [7, 11) is 0. The van der Waals surface area contributed by atoms with Crippen molar-refractivity contribution in [2.75, 3.05) is 31.2 Å². The van der Waals surface area contributed by atoms with E-state index in [0.29, 0.717) is 65.2 Å². The van der Waals surface area contributed by atoms with E-state index in [1.807, 2.05) is 65.3 Å². The van der Waals surface area contributed by atoms with Crippen LogP contribution in [0.1, 0.15) is 84.9 Å². The fourth-order valence-corrected chi connectivity index (χ4v) is 12.6. The highest BCUT2D eigenvalue weighted by molar-refractivity contribution is 6.33. The van der Waals surface area contributed by atoms with E-state index in [2.05, 4.69) is 25.7 Å². The summed E-state index contributed by atoms with van der Waals surface area (Å²) in [6.07, 6.45) is 16.5. The summed E-state index contributed by atoms with van der Waals surface area (Å²) in [4.78, 5) is 28.6. The lowest BCUT2D eigenvalue weighted by atomic mass is 9.54. The Morgan fingerprint density at radius 2 is 1.00 bits per heavy atom. The molecule has 4 aromatic rings. The summed E-state index contributed by atoms with van der Waals surface area (Å²) in [6, 6.07) is 20.4. The summed E-state index contributed by atoms with van der Waals surface area (Å²) < 4.78 is 9.09. The van der Waals surface area contributed by atoms with Crippen LogP contribution in [0, 0.1) is 47.3 Å². The molecule has 0 spiro atoms. The summed E-state index contributed by atoms with van der Waals surface area (Å²) in [5, 5.41) is 16.1. The van der Waals surface area contributed by atoms with Gasteiger partial charge in [0, 0.05) is 25.2 Å². The number of nitrogens with zero attached hydrogens (tertiary/aromatic N) is 5. The molecular weight excluding hydrogens is 710 g/mol. The molecule has 2 amide bonds. The highest BCUT2D eigenvalue weighted by Crippen LogP contribution is 2.55. The minimum Gasteiger partial charge on any atom is -0.378 e. The number of aromatic nitrogens is 4. The predicted molar refractivity (Wildman–Crippen MR) is 212 cm³/mol. The zero-order valence-corrected chi connectivity index (χ0v) is 32.2. The van der Waals surface area contributed by atoms with Crippen molar-refractivity contribution in [3.05, 3.63) is 89.3 Å². The lowest BCUT2D eigenvalue weighted by Gasteiger charge is -2.54. The Morgan fingerprint density at radius 1 is 0.582 bits per heavy atom. The smallest absolute Gasteiger partial charge is 0.256 e. The molecule has 3 heterocycles. The molecule has 9 fully saturated rings. The summed E-state index contributed by atoms with van der Waals surface area (Å²) in [6.45, 7) is 2.90. The molecule has 288 valence electrons. The molecule has 8 saturated carbocycles. The molecule has 2 aromatic carbocycles. The second-order valence-corrected chi connectivity index (χ2v) is 18.0. The monoisotopic (exact) mass is 761 g/mol. The molecule has 0 unspecified atom stereocenters. The summed E-state index contributed by atoms with van der Waals surface area (Å²) >= 11 is 6.46. The van der Waals surface area contributed by atoms with Gasteiger partial charge in [-0.2, -0.15) is 10.2 Å². The van der Waals surface area contributed by atoms with Gasteiger partial charge in [-0.3, -0.25) is 9.59 Å². The number of nitrogens with one attached hydrogen (secondary N) is 2. The van der Waals surface area contributed by atoms with Gasteiger partial charge in [0.05, 0.1) is 42.5 Å². The van der Waals surface area contributed by atoms with Crippen LogP contribution < -0.4 is 15.5 Å². The van der Waals surface area contributed by atoms with Gasteiger partial charge in [-0.05, 0) is 136 Å². The van der Waals surface area contributed by atoms with E-state index < -0.39 is 0 Å². The zero-order valence-electron chi connectivity index (χ0n) is 31.4. The SMILES string of the molecule is O=C(NC1C2CC3CC(C2)CC1C3)c1cnn(-c2ccccc2)c1Cl.O=C(NC1C2CC3CC(C2)CC1C3)c1cnn(-c2ccccc2)c1N1CCOCC1. The van der Waals surface area contributed by atoms with Crippen molar-refractivity contribution < 1.29 is 14.3 Å². The second-order valence-electron chi connectivity index (χ2n) is 17.7. The summed E-state index contributed by atoms with van der Waals surface area (Å²) in [5.74, 6) is 7.12. The Balaban J connectivity index is 0.000000138. The normalized spacial score (nSPS) is 32.6. The van der Waals surface area contributed by atoms with Crippen LogP contribution >= 0.6 is 11.6 Å². The first-order valence-corrected chi connectivity index (χ1v) is 21.2. The highest BCUT2D eigenvalue weighted by atomic mass is 35.5. The molecule has 1 saturated heterocycles. The van der Waals surface area contributed by atoms with Crippen molar-refractivity contribution in [2.45, 2.75) is 76.3 Å². The van der Waals surface area contributed by atoms with Crippen LogP contribution in [0.5, 0.6) is 0 Å². The van der Waals surface area contributed by atoms with Gasteiger partial charge in [-0.15, -0.1) is 0 Å². The first-order valence-electron chi connectivity index (χ1n) is 20.8. The third-order valence-corrected chi connectivity index (χ3v) is 14.7. The lowest BCUT2D eigenvalue weighted by Crippen LogP contribution is -2.55. The Bertz CT molecular complexity index is 1950. The molecule has 11 heteroatoms. The van der Waals surface area contributed by atoms with E-state index in [9.17, 15) is 9.59 Å². The molecule has 2 aromatic heterocycles. The molecule has 8 aliphatic carbocycles. The number of rotatable bonds is 7. The quantitative estimate of drug-likeness (QED) is 0.204. The Labute approximate surface area is 328 Å². The Morgan fingerprint density at radius 3 is 1.49 bits per heavy atom. The Kier molecular flexibility index (Phi) is 9.45. The van der Waals surface area contributed by atoms with Crippen LogP contribution in [0.25, 0.3) is 11.4 Å². The molecule has 0 radical (unpaired) electrons. The van der Waals surface area contributed by atoms with E-state index in [4.69, 9.17) is 16.3 Å². The van der Waals surface area contributed by atoms with E-state index in [1.54, 1.807) is 17.1 Å². The van der Waals surface area contributed by atoms with Crippen molar-refractivity contribution in [3.63, 3.8) is 0 Å². The second kappa shape index (κ2) is 14.7. The summed E-state index contributed by atoms with van der Waals surface area (Å²) in [5.41, 5.74) is 3.00. The lowest BCUT2D eigenvalue weighted by molar-refractivity contribution is -0.0119. The molecule has 2 N–H and O–H groups in total. The van der Waals surface area contributed by atoms with Gasteiger partial charge >= 0.3 is 0 Å². The van der Waals surface area contributed by atoms with Gasteiger partial charge in [-0.1, -0.05) is 48.0 Å². The van der Waals surface area contributed by atoms with Crippen molar-refractivity contribution >= 4 is 29.2 Å². The van der Waals surface area contributed by atoms with E-state index in [0.717, 1.165) is 54.0 Å². The standard InChI is InChI=1S/C24H30N4O2.C20H22ClN3O/c29-23(26-22-18-11-16-10-17(13-18)14-19(22)12-16)21-15-25-28(20-4-2-1-3-5-20)24(21)27-6-8-30-9-7-27;21-19-17(11-22-24(19)16-4-2-1-3-5-16)20(25)23-18-14-7-12-6-13(9-14)10-15(18)8-12/h1-5,15-19,22H,6-14H2,(H,26,29);1-5,11-15,18H,6-10H2,(H,23,25). The number of para-hydroxylation sites is 2. The average molecular weight is 762 g/mol. The largest absolute Gasteiger partial charge is 0.378 e. The number of anilines is 1. The number of carbonyl (C=O) groups is 2. The number of carbonyl (C=O) groups excluding carboxylic acids is 2. The van der Waals surface area contributed by atoms with Crippen LogP contribution in [0.2, 0.25) is 5.15 Å². The van der Waals surface area contributed by atoms with Crippen molar-refractivity contribution in [2.24, 2.45) is 47.3 Å². The van der Waals surface area contributed by atoms with Crippen LogP contribution in [0.15, 0.2) is 73.1 Å². The number of halogens is 1. The molecule has 0 atom stereocenters. The first-order chi connectivity index (χ1) is 26.9. The van der Waals surface area contributed by atoms with E-state index >= 15 is 0 Å². The minimum absolute atomic E-state index is 0.0381. The number of benzene rings is 2. The average Bonchev–Trinajstić information content (AvgIpc) is 3.83. The topological polar surface area (TPSA) is 106 Å².